The summed E-state index contributed by atoms with van der Waals surface area (Å²) in [7, 11) is 0. The van der Waals surface area contributed by atoms with E-state index in [0.717, 1.165) is 5.56 Å². The van der Waals surface area contributed by atoms with E-state index in [2.05, 4.69) is 9.97 Å². The van der Waals surface area contributed by atoms with Crippen LogP contribution in [-0.2, 0) is 4.79 Å². The van der Waals surface area contributed by atoms with Gasteiger partial charge in [-0.3, -0.25) is 4.79 Å². The molecule has 0 saturated heterocycles. The van der Waals surface area contributed by atoms with Crippen molar-refractivity contribution in [1.82, 2.24) is 9.97 Å². The van der Waals surface area contributed by atoms with Gasteiger partial charge in [0, 0.05) is 6.20 Å². The molecule has 16 heavy (non-hydrogen) atoms. The first-order valence-corrected chi connectivity index (χ1v) is 4.78. The highest BCUT2D eigenvalue weighted by molar-refractivity contribution is 6.41. The van der Waals surface area contributed by atoms with Crippen LogP contribution in [0.3, 0.4) is 0 Å². The number of halogens is 1. The zero-order valence-corrected chi connectivity index (χ0v) is 8.96. The minimum atomic E-state index is -1.76. The number of nitrogens with one attached hydrogen (secondary N) is 1. The number of carbonyl (C=O) groups is 2. The third kappa shape index (κ3) is 1.55. The van der Waals surface area contributed by atoms with Gasteiger partial charge in [0.05, 0.1) is 11.1 Å². The molecule has 2 aromatic rings. The molecule has 0 bridgehead atoms. The average Bonchev–Trinajstić information content (AvgIpc) is 2.60. The highest BCUT2D eigenvalue weighted by atomic mass is 35.5. The van der Waals surface area contributed by atoms with E-state index in [-0.39, 0.29) is 16.2 Å². The van der Waals surface area contributed by atoms with Gasteiger partial charge in [-0.15, -0.1) is 0 Å². The van der Waals surface area contributed by atoms with Crippen LogP contribution in [0.25, 0.3) is 11.0 Å². The van der Waals surface area contributed by atoms with E-state index in [1.165, 1.54) is 6.20 Å². The largest absolute Gasteiger partial charge is 0.541 e. The number of hydrogen-bond acceptors (Lipinski definition) is 4. The number of carboxylic acids is 1. The predicted octanol–water partition coefficient (Wildman–Crippen LogP) is 0.457. The minimum Gasteiger partial charge on any atom is -0.541 e. The lowest BCUT2D eigenvalue weighted by atomic mass is 10.1. The summed E-state index contributed by atoms with van der Waals surface area (Å²) in [6, 6.07) is 1.62. The maximum absolute atomic E-state index is 11.3. The van der Waals surface area contributed by atoms with Crippen LogP contribution in [0.5, 0.6) is 0 Å². The molecule has 5 nitrogen and oxygen atoms in total. The molecule has 1 N–H and O–H groups in total. The first-order chi connectivity index (χ1) is 7.50. The number of aryl methyl sites for hydroxylation is 1. The molecule has 0 fully saturated rings. The standard InChI is InChI=1S/C10H7ClN2O3/c1-4-2-6(11)13-8-5(3-12-7(4)8)9(14)10(15)16/h2-3,12H,1H3,(H,15,16)/p-1. The monoisotopic (exact) mass is 237 g/mol. The van der Waals surface area contributed by atoms with Crippen molar-refractivity contribution in [3.05, 3.63) is 28.5 Å². The number of rotatable bonds is 2. The SMILES string of the molecule is Cc1cc(Cl)nc2c(C(=O)C(=O)[O-])c[nH]c12. The molecule has 2 rings (SSSR count). The van der Waals surface area contributed by atoms with Gasteiger partial charge in [-0.05, 0) is 18.6 Å². The van der Waals surface area contributed by atoms with Crippen molar-refractivity contribution < 1.29 is 14.7 Å². The van der Waals surface area contributed by atoms with Crippen molar-refractivity contribution in [2.45, 2.75) is 6.92 Å². The Morgan fingerprint density at radius 1 is 1.50 bits per heavy atom. The van der Waals surface area contributed by atoms with Gasteiger partial charge in [0.15, 0.2) is 0 Å². The van der Waals surface area contributed by atoms with E-state index >= 15 is 0 Å². The van der Waals surface area contributed by atoms with Crippen LogP contribution >= 0.6 is 11.6 Å². The Hall–Kier alpha value is -1.88. The van der Waals surface area contributed by atoms with Crippen molar-refractivity contribution in [2.75, 3.05) is 0 Å². The highest BCUT2D eigenvalue weighted by Gasteiger charge is 2.15. The zero-order valence-electron chi connectivity index (χ0n) is 8.20. The van der Waals surface area contributed by atoms with Gasteiger partial charge in [0.1, 0.15) is 16.6 Å². The number of aromatic amines is 1. The van der Waals surface area contributed by atoms with Gasteiger partial charge >= 0.3 is 0 Å². The number of H-pyrrole nitrogens is 1. The van der Waals surface area contributed by atoms with E-state index in [1.54, 1.807) is 13.0 Å². The second kappa shape index (κ2) is 3.61. The summed E-state index contributed by atoms with van der Waals surface area (Å²) in [4.78, 5) is 28.5. The number of pyridine rings is 1. The molecule has 0 spiro atoms. The lowest BCUT2D eigenvalue weighted by Crippen LogP contribution is -2.31. The molecule has 0 aliphatic heterocycles. The van der Waals surface area contributed by atoms with Gasteiger partial charge in [-0.2, -0.15) is 0 Å². The molecule has 0 atom stereocenters. The van der Waals surface area contributed by atoms with Crippen molar-refractivity contribution >= 4 is 34.4 Å². The minimum absolute atomic E-state index is 0.0411. The summed E-state index contributed by atoms with van der Waals surface area (Å²) in [5, 5.41) is 10.7. The van der Waals surface area contributed by atoms with Crippen molar-refractivity contribution in [3.63, 3.8) is 0 Å². The molecule has 2 heterocycles. The average molecular weight is 238 g/mol. The quantitative estimate of drug-likeness (QED) is 0.467. The number of aromatic nitrogens is 2. The smallest absolute Gasteiger partial charge is 0.212 e. The summed E-state index contributed by atoms with van der Waals surface area (Å²) in [6.07, 6.45) is 1.29. The second-order valence-electron chi connectivity index (χ2n) is 3.30. The van der Waals surface area contributed by atoms with E-state index in [0.29, 0.717) is 5.52 Å². The van der Waals surface area contributed by atoms with E-state index in [4.69, 9.17) is 11.6 Å². The third-order valence-electron chi connectivity index (χ3n) is 2.23. The zero-order chi connectivity index (χ0) is 11.9. The van der Waals surface area contributed by atoms with Gasteiger partial charge < -0.3 is 14.9 Å². The molecular formula is C10H6ClN2O3-. The Labute approximate surface area is 95.1 Å². The molecule has 0 saturated carbocycles. The maximum atomic E-state index is 11.3. The number of ketones is 1. The molecule has 0 aliphatic rings. The molecular weight excluding hydrogens is 232 g/mol. The fourth-order valence-corrected chi connectivity index (χ4v) is 1.75. The molecule has 0 unspecified atom stereocenters. The normalized spacial score (nSPS) is 10.6. The Balaban J connectivity index is 2.74. The number of carbonyl (C=O) groups excluding carboxylic acids is 2. The molecule has 0 aliphatic carbocycles. The molecule has 0 aromatic carbocycles. The lowest BCUT2D eigenvalue weighted by molar-refractivity contribution is -0.296. The molecule has 82 valence electrons. The molecule has 0 radical (unpaired) electrons. The summed E-state index contributed by atoms with van der Waals surface area (Å²) in [5.74, 6) is -2.87. The van der Waals surface area contributed by atoms with Crippen molar-refractivity contribution in [3.8, 4) is 0 Å². The fourth-order valence-electron chi connectivity index (χ4n) is 1.51. The lowest BCUT2D eigenvalue weighted by Gasteiger charge is -2.00. The van der Waals surface area contributed by atoms with Crippen LogP contribution in [0.4, 0.5) is 0 Å². The Bertz CT molecular complexity index is 603. The maximum Gasteiger partial charge on any atom is 0.212 e. The van der Waals surface area contributed by atoms with Crippen LogP contribution in [0, 0.1) is 6.92 Å². The number of hydrogen-bond donors (Lipinski definition) is 1. The second-order valence-corrected chi connectivity index (χ2v) is 3.69. The molecule has 6 heteroatoms. The Morgan fingerprint density at radius 2 is 2.19 bits per heavy atom. The first-order valence-electron chi connectivity index (χ1n) is 4.40. The van der Waals surface area contributed by atoms with Gasteiger partial charge in [0.25, 0.3) is 0 Å². The van der Waals surface area contributed by atoms with Crippen molar-refractivity contribution in [1.29, 1.82) is 0 Å². The van der Waals surface area contributed by atoms with E-state index in [9.17, 15) is 14.7 Å². The summed E-state index contributed by atoms with van der Waals surface area (Å²) in [5.41, 5.74) is 1.58. The van der Waals surface area contributed by atoms with Crippen LogP contribution in [0.15, 0.2) is 12.3 Å². The van der Waals surface area contributed by atoms with Gasteiger partial charge in [-0.1, -0.05) is 11.6 Å². The summed E-state index contributed by atoms with van der Waals surface area (Å²) in [6.45, 7) is 1.78. The summed E-state index contributed by atoms with van der Waals surface area (Å²) >= 11 is 5.74. The number of fused-ring (bicyclic) bond motifs is 1. The number of aliphatic carboxylic acids is 1. The third-order valence-corrected chi connectivity index (χ3v) is 2.42. The van der Waals surface area contributed by atoms with E-state index < -0.39 is 11.8 Å². The van der Waals surface area contributed by atoms with E-state index in [1.807, 2.05) is 0 Å². The first kappa shape index (κ1) is 10.6. The highest BCUT2D eigenvalue weighted by Crippen LogP contribution is 2.22. The molecule has 2 aromatic heterocycles. The topological polar surface area (TPSA) is 85.9 Å². The predicted molar refractivity (Wildman–Crippen MR) is 55.2 cm³/mol. The Kier molecular flexibility index (Phi) is 2.40. The summed E-state index contributed by atoms with van der Waals surface area (Å²) < 4.78 is 0. The molecule has 0 amide bonds. The van der Waals surface area contributed by atoms with Gasteiger partial charge in [0.2, 0.25) is 5.78 Å². The fraction of sp³-hybridized carbons (Fsp3) is 0.100. The van der Waals surface area contributed by atoms with Crippen LogP contribution in [-0.4, -0.2) is 21.7 Å². The number of carboxylic acid groups (broad SMARTS) is 1. The van der Waals surface area contributed by atoms with Crippen LogP contribution in [0.1, 0.15) is 15.9 Å². The van der Waals surface area contributed by atoms with Crippen LogP contribution in [0.2, 0.25) is 5.15 Å². The number of nitrogens with zero attached hydrogens (tertiary/aromatic N) is 1. The van der Waals surface area contributed by atoms with Crippen molar-refractivity contribution in [2.24, 2.45) is 0 Å². The van der Waals surface area contributed by atoms with Crippen LogP contribution < -0.4 is 5.11 Å². The van der Waals surface area contributed by atoms with Gasteiger partial charge in [-0.25, -0.2) is 4.98 Å². The Morgan fingerprint density at radius 3 is 2.81 bits per heavy atom. The number of Topliss-reactive ketones (excluding diaryl/α,β-unsaturated/α-hetero) is 1.